The molecule has 1 aliphatic carbocycles. The van der Waals surface area contributed by atoms with Crippen molar-refractivity contribution < 1.29 is 4.74 Å². The molecule has 1 saturated heterocycles. The summed E-state index contributed by atoms with van der Waals surface area (Å²) in [5, 5.41) is 4.40. The predicted octanol–water partition coefficient (Wildman–Crippen LogP) is 4.13. The molecule has 3 rings (SSSR count). The van der Waals surface area contributed by atoms with Gasteiger partial charge in [0.1, 0.15) is 0 Å². The normalized spacial score (nSPS) is 25.5. The van der Waals surface area contributed by atoms with Crippen LogP contribution >= 0.6 is 11.6 Å². The maximum absolute atomic E-state index is 6.07. The van der Waals surface area contributed by atoms with Crippen LogP contribution in [0.15, 0.2) is 18.3 Å². The largest absolute Gasteiger partial charge is 0.375 e. The van der Waals surface area contributed by atoms with Crippen LogP contribution in [-0.2, 0) is 4.74 Å². The average Bonchev–Trinajstić information content (AvgIpc) is 2.48. The monoisotopic (exact) mass is 308 g/mol. The van der Waals surface area contributed by atoms with Gasteiger partial charge in [-0.15, -0.1) is 0 Å². The molecule has 2 fully saturated rings. The molecular weight excluding hydrogens is 284 g/mol. The molecule has 1 aliphatic heterocycles. The maximum Gasteiger partial charge on any atom is 0.0686 e. The van der Waals surface area contributed by atoms with Crippen molar-refractivity contribution in [2.45, 2.75) is 57.1 Å². The van der Waals surface area contributed by atoms with E-state index in [2.05, 4.69) is 23.3 Å². The van der Waals surface area contributed by atoms with Crippen LogP contribution in [0.25, 0.3) is 0 Å². The highest BCUT2D eigenvalue weighted by molar-refractivity contribution is 6.30. The second-order valence-electron chi connectivity index (χ2n) is 6.47. The van der Waals surface area contributed by atoms with Crippen LogP contribution in [0.5, 0.6) is 0 Å². The molecule has 1 aromatic rings. The zero-order chi connectivity index (χ0) is 14.7. The first-order valence-corrected chi connectivity index (χ1v) is 8.59. The Morgan fingerprint density at radius 1 is 1.48 bits per heavy atom. The minimum atomic E-state index is 0.182. The van der Waals surface area contributed by atoms with Crippen LogP contribution in [0, 0.1) is 5.92 Å². The number of pyridine rings is 1. The van der Waals surface area contributed by atoms with E-state index in [1.54, 1.807) is 6.20 Å². The lowest BCUT2D eigenvalue weighted by Crippen LogP contribution is -2.48. The number of halogens is 1. The van der Waals surface area contributed by atoms with Gasteiger partial charge in [0.2, 0.25) is 0 Å². The van der Waals surface area contributed by atoms with Crippen molar-refractivity contribution in [2.24, 2.45) is 5.92 Å². The molecule has 0 amide bonds. The third kappa shape index (κ3) is 3.41. The second kappa shape index (κ2) is 6.64. The fourth-order valence-electron chi connectivity index (χ4n) is 3.65. The van der Waals surface area contributed by atoms with Crippen molar-refractivity contribution in [1.29, 1.82) is 0 Å². The van der Waals surface area contributed by atoms with Gasteiger partial charge < -0.3 is 10.1 Å². The van der Waals surface area contributed by atoms with Crippen molar-refractivity contribution in [3.8, 4) is 0 Å². The number of nitrogens with one attached hydrogen (secondary N) is 1. The van der Waals surface area contributed by atoms with E-state index in [0.29, 0.717) is 17.0 Å². The van der Waals surface area contributed by atoms with E-state index in [1.165, 1.54) is 25.7 Å². The van der Waals surface area contributed by atoms with E-state index < -0.39 is 0 Å². The van der Waals surface area contributed by atoms with Crippen LogP contribution in [0.1, 0.15) is 57.2 Å². The van der Waals surface area contributed by atoms with Crippen molar-refractivity contribution in [1.82, 2.24) is 10.3 Å². The van der Waals surface area contributed by atoms with Gasteiger partial charge in [0.15, 0.2) is 0 Å². The Balaban J connectivity index is 1.76. The van der Waals surface area contributed by atoms with Crippen molar-refractivity contribution in [2.75, 3.05) is 13.2 Å². The first kappa shape index (κ1) is 15.3. The summed E-state index contributed by atoms with van der Waals surface area (Å²) in [6.45, 7) is 4.12. The molecule has 2 heterocycles. The van der Waals surface area contributed by atoms with Gasteiger partial charge in [-0.2, -0.15) is 0 Å². The molecule has 1 spiro atoms. The molecule has 1 saturated carbocycles. The van der Waals surface area contributed by atoms with Gasteiger partial charge in [-0.05, 0) is 63.1 Å². The van der Waals surface area contributed by atoms with Crippen molar-refractivity contribution >= 4 is 11.6 Å². The lowest BCUT2D eigenvalue weighted by molar-refractivity contribution is -0.147. The number of hydrogen-bond donors (Lipinski definition) is 1. The highest BCUT2D eigenvalue weighted by Crippen LogP contribution is 2.47. The van der Waals surface area contributed by atoms with Crippen LogP contribution in [0.2, 0.25) is 5.02 Å². The van der Waals surface area contributed by atoms with E-state index in [0.717, 1.165) is 31.7 Å². The summed E-state index contributed by atoms with van der Waals surface area (Å²) in [7, 11) is 0. The molecule has 1 N–H and O–H groups in total. The van der Waals surface area contributed by atoms with Gasteiger partial charge in [-0.3, -0.25) is 4.98 Å². The first-order chi connectivity index (χ1) is 10.2. The fraction of sp³-hybridized carbons (Fsp3) is 0.706. The van der Waals surface area contributed by atoms with Gasteiger partial charge in [0.25, 0.3) is 0 Å². The fourth-order valence-corrected chi connectivity index (χ4v) is 3.77. The molecule has 3 nitrogen and oxygen atoms in total. The van der Waals surface area contributed by atoms with Crippen molar-refractivity contribution in [3.63, 3.8) is 0 Å². The molecule has 116 valence electrons. The topological polar surface area (TPSA) is 34.2 Å². The molecule has 2 atom stereocenters. The summed E-state index contributed by atoms with van der Waals surface area (Å²) in [6.07, 6.45) is 8.97. The second-order valence-corrected chi connectivity index (χ2v) is 6.91. The predicted molar refractivity (Wildman–Crippen MR) is 85.5 cm³/mol. The maximum atomic E-state index is 6.07. The minimum Gasteiger partial charge on any atom is -0.375 e. The van der Waals surface area contributed by atoms with Gasteiger partial charge in [-0.25, -0.2) is 0 Å². The standard InChI is InChI=1S/C17H25ClN2O/c1-2-9-19-16(15-5-4-14(18)12-20-15)13-6-10-21-17(11-13)7-3-8-17/h4-5,12-13,16,19H,2-3,6-11H2,1H3. The van der Waals surface area contributed by atoms with Gasteiger partial charge in [0, 0.05) is 12.8 Å². The molecule has 0 radical (unpaired) electrons. The Bertz CT molecular complexity index is 458. The van der Waals surface area contributed by atoms with Gasteiger partial charge >= 0.3 is 0 Å². The van der Waals surface area contributed by atoms with E-state index >= 15 is 0 Å². The van der Waals surface area contributed by atoms with E-state index in [4.69, 9.17) is 16.3 Å². The minimum absolute atomic E-state index is 0.182. The Hall–Kier alpha value is -0.640. The van der Waals surface area contributed by atoms with Crippen LogP contribution in [0.4, 0.5) is 0 Å². The lowest BCUT2D eigenvalue weighted by Gasteiger charge is -2.48. The number of rotatable bonds is 5. The number of ether oxygens (including phenoxy) is 1. The summed E-state index contributed by atoms with van der Waals surface area (Å²) in [5.41, 5.74) is 1.30. The zero-order valence-electron chi connectivity index (χ0n) is 12.8. The van der Waals surface area contributed by atoms with Gasteiger partial charge in [-0.1, -0.05) is 18.5 Å². The molecule has 0 bridgehead atoms. The molecule has 2 unspecified atom stereocenters. The highest BCUT2D eigenvalue weighted by atomic mass is 35.5. The Kier molecular flexibility index (Phi) is 4.82. The smallest absolute Gasteiger partial charge is 0.0686 e. The Morgan fingerprint density at radius 2 is 2.33 bits per heavy atom. The molecule has 1 aromatic heterocycles. The number of hydrogen-bond acceptors (Lipinski definition) is 3. The third-order valence-corrected chi connectivity index (χ3v) is 5.17. The SMILES string of the molecule is CCCNC(c1ccc(Cl)cn1)C1CCOC2(CCC2)C1. The number of nitrogens with zero attached hydrogens (tertiary/aromatic N) is 1. The number of aromatic nitrogens is 1. The summed E-state index contributed by atoms with van der Waals surface area (Å²) < 4.78 is 6.07. The molecule has 2 aliphatic rings. The van der Waals surface area contributed by atoms with E-state index in [1.807, 2.05) is 6.07 Å². The van der Waals surface area contributed by atoms with E-state index in [9.17, 15) is 0 Å². The third-order valence-electron chi connectivity index (χ3n) is 4.95. The zero-order valence-corrected chi connectivity index (χ0v) is 13.5. The van der Waals surface area contributed by atoms with Crippen LogP contribution < -0.4 is 5.32 Å². The first-order valence-electron chi connectivity index (χ1n) is 8.21. The van der Waals surface area contributed by atoms with Gasteiger partial charge in [0.05, 0.1) is 22.4 Å². The average molecular weight is 309 g/mol. The van der Waals surface area contributed by atoms with E-state index in [-0.39, 0.29) is 5.60 Å². The van der Waals surface area contributed by atoms with Crippen LogP contribution in [-0.4, -0.2) is 23.7 Å². The molecule has 0 aromatic carbocycles. The highest BCUT2D eigenvalue weighted by Gasteiger charge is 2.44. The molecule has 21 heavy (non-hydrogen) atoms. The van der Waals surface area contributed by atoms with Crippen LogP contribution in [0.3, 0.4) is 0 Å². The summed E-state index contributed by atoms with van der Waals surface area (Å²) in [4.78, 5) is 4.56. The quantitative estimate of drug-likeness (QED) is 0.888. The molecule has 4 heteroatoms. The Morgan fingerprint density at radius 3 is 2.95 bits per heavy atom. The lowest BCUT2D eigenvalue weighted by atomic mass is 9.70. The summed E-state index contributed by atoms with van der Waals surface area (Å²) in [6, 6.07) is 4.34. The summed E-state index contributed by atoms with van der Waals surface area (Å²) in [5.74, 6) is 0.610. The van der Waals surface area contributed by atoms with Crippen molar-refractivity contribution in [3.05, 3.63) is 29.0 Å². The molecular formula is C17H25ClN2O. The summed E-state index contributed by atoms with van der Waals surface area (Å²) >= 11 is 5.98. The Labute approximate surface area is 132 Å².